The van der Waals surface area contributed by atoms with Crippen LogP contribution in [0.25, 0.3) is 11.3 Å². The van der Waals surface area contributed by atoms with Crippen molar-refractivity contribution in [2.24, 2.45) is 0 Å². The van der Waals surface area contributed by atoms with Crippen LogP contribution in [0.5, 0.6) is 0 Å². The Hall–Kier alpha value is -2.14. The molecule has 5 heteroatoms. The van der Waals surface area contributed by atoms with Gasteiger partial charge in [-0.05, 0) is 19.3 Å². The number of aromatic nitrogens is 2. The first-order valence-corrected chi connectivity index (χ1v) is 6.76. The Morgan fingerprint density at radius 3 is 2.70 bits per heavy atom. The number of carbonyl (C=O) groups excluding carboxylic acids is 1. The number of rotatable bonds is 4. The third-order valence-corrected chi connectivity index (χ3v) is 3.94. The van der Waals surface area contributed by atoms with Crippen molar-refractivity contribution in [1.29, 1.82) is 0 Å². The Bertz CT molecular complexity index is 597. The zero-order chi connectivity index (χ0) is 14.0. The minimum atomic E-state index is -0.442. The highest BCUT2D eigenvalue weighted by Gasteiger charge is 2.38. The van der Waals surface area contributed by atoms with E-state index in [2.05, 4.69) is 15.5 Å². The standard InChI is InChI=1S/C15H17N3O2/c19-10-15(7-4-8-15)17-14(20)12-9-16-18-13(12)11-5-2-1-3-6-11/h1-3,5-6,9,19H,4,7-8,10H2,(H,16,18)(H,17,20). The highest BCUT2D eigenvalue weighted by Crippen LogP contribution is 2.32. The molecule has 20 heavy (non-hydrogen) atoms. The van der Waals surface area contributed by atoms with Crippen LogP contribution < -0.4 is 5.32 Å². The van der Waals surface area contributed by atoms with Crippen molar-refractivity contribution in [3.63, 3.8) is 0 Å². The molecule has 0 radical (unpaired) electrons. The van der Waals surface area contributed by atoms with E-state index in [4.69, 9.17) is 0 Å². The number of aliphatic hydroxyl groups excluding tert-OH is 1. The molecular weight excluding hydrogens is 254 g/mol. The van der Waals surface area contributed by atoms with Gasteiger partial charge in [-0.25, -0.2) is 0 Å². The normalized spacial score (nSPS) is 16.4. The molecule has 0 unspecified atom stereocenters. The van der Waals surface area contributed by atoms with Gasteiger partial charge in [-0.15, -0.1) is 0 Å². The molecule has 1 heterocycles. The van der Waals surface area contributed by atoms with Crippen LogP contribution in [0, 0.1) is 0 Å². The van der Waals surface area contributed by atoms with E-state index in [1.807, 2.05) is 30.3 Å². The van der Waals surface area contributed by atoms with Crippen LogP contribution in [0.4, 0.5) is 0 Å². The fourth-order valence-electron chi connectivity index (χ4n) is 2.52. The van der Waals surface area contributed by atoms with Crippen LogP contribution in [0.2, 0.25) is 0 Å². The molecule has 0 spiro atoms. The van der Waals surface area contributed by atoms with Gasteiger partial charge in [0.05, 0.1) is 29.6 Å². The predicted octanol–water partition coefficient (Wildman–Crippen LogP) is 1.72. The molecule has 1 amide bonds. The Morgan fingerprint density at radius 2 is 2.10 bits per heavy atom. The first kappa shape index (κ1) is 12.9. The summed E-state index contributed by atoms with van der Waals surface area (Å²) < 4.78 is 0. The number of nitrogens with zero attached hydrogens (tertiary/aromatic N) is 1. The zero-order valence-corrected chi connectivity index (χ0v) is 11.1. The van der Waals surface area contributed by atoms with E-state index in [0.717, 1.165) is 24.8 Å². The molecule has 0 atom stereocenters. The second kappa shape index (κ2) is 5.09. The molecule has 1 saturated carbocycles. The van der Waals surface area contributed by atoms with Gasteiger partial charge in [-0.1, -0.05) is 30.3 Å². The predicted molar refractivity (Wildman–Crippen MR) is 75.2 cm³/mol. The average molecular weight is 271 g/mol. The monoisotopic (exact) mass is 271 g/mol. The second-order valence-corrected chi connectivity index (χ2v) is 5.27. The molecule has 104 valence electrons. The molecule has 5 nitrogen and oxygen atoms in total. The lowest BCUT2D eigenvalue weighted by atomic mass is 9.77. The molecule has 1 aliphatic carbocycles. The first-order chi connectivity index (χ1) is 9.74. The highest BCUT2D eigenvalue weighted by atomic mass is 16.3. The fraction of sp³-hybridized carbons (Fsp3) is 0.333. The molecule has 2 aromatic rings. The number of aromatic amines is 1. The van der Waals surface area contributed by atoms with E-state index in [0.29, 0.717) is 11.3 Å². The summed E-state index contributed by atoms with van der Waals surface area (Å²) in [6.07, 6.45) is 4.22. The summed E-state index contributed by atoms with van der Waals surface area (Å²) in [7, 11) is 0. The highest BCUT2D eigenvalue weighted by molar-refractivity contribution is 6.00. The quantitative estimate of drug-likeness (QED) is 0.792. The summed E-state index contributed by atoms with van der Waals surface area (Å²) in [5, 5.41) is 19.2. The first-order valence-electron chi connectivity index (χ1n) is 6.76. The number of hydrogen-bond acceptors (Lipinski definition) is 3. The largest absolute Gasteiger partial charge is 0.394 e. The molecular formula is C15H17N3O2. The van der Waals surface area contributed by atoms with Crippen molar-refractivity contribution >= 4 is 5.91 Å². The third-order valence-electron chi connectivity index (χ3n) is 3.94. The SMILES string of the molecule is O=C(NC1(CO)CCC1)c1cn[nH]c1-c1ccccc1. The van der Waals surface area contributed by atoms with Gasteiger partial charge in [0.25, 0.3) is 5.91 Å². The number of benzene rings is 1. The Kier molecular flexibility index (Phi) is 3.28. The number of amides is 1. The van der Waals surface area contributed by atoms with Crippen molar-refractivity contribution in [2.45, 2.75) is 24.8 Å². The van der Waals surface area contributed by atoms with Crippen LogP contribution in [-0.2, 0) is 0 Å². The molecule has 1 fully saturated rings. The molecule has 3 N–H and O–H groups in total. The van der Waals surface area contributed by atoms with Crippen molar-refractivity contribution in [1.82, 2.24) is 15.5 Å². The fourth-order valence-corrected chi connectivity index (χ4v) is 2.52. The number of nitrogens with one attached hydrogen (secondary N) is 2. The minimum Gasteiger partial charge on any atom is -0.394 e. The number of H-pyrrole nitrogens is 1. The molecule has 1 aromatic carbocycles. The maximum absolute atomic E-state index is 12.4. The van der Waals surface area contributed by atoms with E-state index in [-0.39, 0.29) is 12.5 Å². The smallest absolute Gasteiger partial charge is 0.255 e. The lowest BCUT2D eigenvalue weighted by Gasteiger charge is -2.40. The van der Waals surface area contributed by atoms with Crippen molar-refractivity contribution in [3.05, 3.63) is 42.1 Å². The van der Waals surface area contributed by atoms with Crippen molar-refractivity contribution in [3.8, 4) is 11.3 Å². The summed E-state index contributed by atoms with van der Waals surface area (Å²) >= 11 is 0. The number of aliphatic hydroxyl groups is 1. The summed E-state index contributed by atoms with van der Waals surface area (Å²) in [6.45, 7) is -0.0166. The molecule has 1 aliphatic rings. The van der Waals surface area contributed by atoms with Crippen LogP contribution in [-0.4, -0.2) is 33.4 Å². The number of carbonyl (C=O) groups is 1. The van der Waals surface area contributed by atoms with Gasteiger partial charge in [0.1, 0.15) is 0 Å². The van der Waals surface area contributed by atoms with E-state index in [1.54, 1.807) is 0 Å². The van der Waals surface area contributed by atoms with Gasteiger partial charge < -0.3 is 10.4 Å². The minimum absolute atomic E-state index is 0.0166. The molecule has 0 bridgehead atoms. The van der Waals surface area contributed by atoms with Gasteiger partial charge in [-0.3, -0.25) is 9.89 Å². The van der Waals surface area contributed by atoms with Crippen LogP contribution in [0.3, 0.4) is 0 Å². The van der Waals surface area contributed by atoms with Gasteiger partial charge in [0, 0.05) is 5.56 Å². The molecule has 3 rings (SSSR count). The summed E-state index contributed by atoms with van der Waals surface area (Å²) in [4.78, 5) is 12.4. The Morgan fingerprint density at radius 1 is 1.35 bits per heavy atom. The average Bonchev–Trinajstić information content (AvgIpc) is 2.93. The van der Waals surface area contributed by atoms with Gasteiger partial charge in [0.2, 0.25) is 0 Å². The van der Waals surface area contributed by atoms with Crippen LogP contribution in [0.1, 0.15) is 29.6 Å². The maximum Gasteiger partial charge on any atom is 0.255 e. The lowest BCUT2D eigenvalue weighted by molar-refractivity contribution is 0.0642. The van der Waals surface area contributed by atoms with E-state index in [1.165, 1.54) is 6.20 Å². The van der Waals surface area contributed by atoms with E-state index < -0.39 is 5.54 Å². The molecule has 1 aromatic heterocycles. The van der Waals surface area contributed by atoms with Gasteiger partial charge >= 0.3 is 0 Å². The summed E-state index contributed by atoms with van der Waals surface area (Å²) in [5.74, 6) is -0.189. The zero-order valence-electron chi connectivity index (χ0n) is 11.1. The lowest BCUT2D eigenvalue weighted by Crippen LogP contribution is -2.56. The Labute approximate surface area is 117 Å². The summed E-state index contributed by atoms with van der Waals surface area (Å²) in [6, 6.07) is 9.61. The molecule has 0 saturated heterocycles. The topological polar surface area (TPSA) is 78.0 Å². The van der Waals surface area contributed by atoms with E-state index in [9.17, 15) is 9.90 Å². The Balaban J connectivity index is 1.85. The van der Waals surface area contributed by atoms with Crippen LogP contribution in [0.15, 0.2) is 36.5 Å². The van der Waals surface area contributed by atoms with E-state index >= 15 is 0 Å². The maximum atomic E-state index is 12.4. The second-order valence-electron chi connectivity index (χ2n) is 5.27. The third kappa shape index (κ3) is 2.20. The van der Waals surface area contributed by atoms with Crippen molar-refractivity contribution < 1.29 is 9.90 Å². The van der Waals surface area contributed by atoms with Crippen molar-refractivity contribution in [2.75, 3.05) is 6.61 Å². The van der Waals surface area contributed by atoms with Gasteiger partial charge in [0.15, 0.2) is 0 Å². The summed E-state index contributed by atoms with van der Waals surface area (Å²) in [5.41, 5.74) is 1.69. The van der Waals surface area contributed by atoms with Gasteiger partial charge in [-0.2, -0.15) is 5.10 Å². The molecule has 0 aliphatic heterocycles. The number of hydrogen-bond donors (Lipinski definition) is 3. The van der Waals surface area contributed by atoms with Crippen LogP contribution >= 0.6 is 0 Å².